The normalized spacial score (nSPS) is 11.3. The van der Waals surface area contributed by atoms with Gasteiger partial charge in [0.15, 0.2) is 5.12 Å². The number of carbonyl (C=O) groups is 1. The van der Waals surface area contributed by atoms with Gasteiger partial charge in [-0.1, -0.05) is 23.4 Å². The van der Waals surface area contributed by atoms with E-state index in [2.05, 4.69) is 0 Å². The van der Waals surface area contributed by atoms with Crippen molar-refractivity contribution in [1.29, 1.82) is 0 Å². The summed E-state index contributed by atoms with van der Waals surface area (Å²) in [6.07, 6.45) is -3.17. The summed E-state index contributed by atoms with van der Waals surface area (Å²) in [6, 6.07) is 6.32. The van der Waals surface area contributed by atoms with E-state index in [-0.39, 0.29) is 39.3 Å². The number of ether oxygens (including phenoxy) is 1. The second-order valence-corrected chi connectivity index (χ2v) is 6.32. The fourth-order valence-electron chi connectivity index (χ4n) is 2.06. The zero-order valence-corrected chi connectivity index (χ0v) is 14.7. The highest BCUT2D eigenvalue weighted by molar-refractivity contribution is 8.13. The Bertz CT molecular complexity index is 858. The van der Waals surface area contributed by atoms with E-state index >= 15 is 0 Å². The number of hydrogen-bond donors (Lipinski definition) is 0. The molecular weight excluding hydrogens is 395 g/mol. The largest absolute Gasteiger partial charge is 0.456 e. The van der Waals surface area contributed by atoms with Crippen molar-refractivity contribution < 1.29 is 27.6 Å². The molecule has 2 aromatic carbocycles. The van der Waals surface area contributed by atoms with Crippen molar-refractivity contribution in [3.63, 3.8) is 0 Å². The van der Waals surface area contributed by atoms with E-state index < -0.39 is 16.7 Å². The molecule has 5 nitrogen and oxygen atoms in total. The van der Waals surface area contributed by atoms with Gasteiger partial charge >= 0.3 is 6.18 Å². The van der Waals surface area contributed by atoms with E-state index in [4.69, 9.17) is 16.3 Å². The second-order valence-electron chi connectivity index (χ2n) is 5.05. The molecule has 0 aromatic heterocycles. The molecule has 2 aromatic rings. The number of halogens is 4. The lowest BCUT2D eigenvalue weighted by molar-refractivity contribution is -0.385. The standard InChI is InChI=1S/C16H11ClF3NO4S/c1-26-15(22)7-9-6-11(3-4-13(9)21(23)24)25-14-5-2-10(8-12(14)17)16(18,19)20/h2-6,8H,7H2,1H3. The SMILES string of the molecule is CSC(=O)Cc1cc(Oc2ccc(C(F)(F)F)cc2Cl)ccc1[N+](=O)[O-]. The van der Waals surface area contributed by atoms with Crippen LogP contribution in [0.4, 0.5) is 18.9 Å². The van der Waals surface area contributed by atoms with Crippen LogP contribution in [-0.2, 0) is 17.4 Å². The minimum atomic E-state index is -4.54. The third-order valence-electron chi connectivity index (χ3n) is 3.30. The molecule has 0 fully saturated rings. The third kappa shape index (κ3) is 4.89. The molecule has 26 heavy (non-hydrogen) atoms. The molecule has 0 aliphatic carbocycles. The Labute approximate surface area is 155 Å². The van der Waals surface area contributed by atoms with Gasteiger partial charge in [0.1, 0.15) is 11.5 Å². The van der Waals surface area contributed by atoms with Crippen LogP contribution in [0.1, 0.15) is 11.1 Å². The zero-order chi connectivity index (χ0) is 19.5. The highest BCUT2D eigenvalue weighted by Crippen LogP contribution is 2.37. The predicted octanol–water partition coefficient (Wildman–Crippen LogP) is 5.49. The van der Waals surface area contributed by atoms with Gasteiger partial charge in [-0.2, -0.15) is 13.2 Å². The molecule has 0 radical (unpaired) electrons. The van der Waals surface area contributed by atoms with Crippen molar-refractivity contribution in [2.75, 3.05) is 6.26 Å². The van der Waals surface area contributed by atoms with Gasteiger partial charge in [0.05, 0.1) is 15.5 Å². The minimum absolute atomic E-state index is 0.0457. The highest BCUT2D eigenvalue weighted by atomic mass is 35.5. The molecule has 0 aliphatic heterocycles. The summed E-state index contributed by atoms with van der Waals surface area (Å²) in [7, 11) is 0. The summed E-state index contributed by atoms with van der Waals surface area (Å²) in [4.78, 5) is 22.0. The highest BCUT2D eigenvalue weighted by Gasteiger charge is 2.31. The van der Waals surface area contributed by atoms with Crippen molar-refractivity contribution >= 4 is 34.2 Å². The second kappa shape index (κ2) is 7.96. The molecule has 0 N–H and O–H groups in total. The molecule has 10 heteroatoms. The summed E-state index contributed by atoms with van der Waals surface area (Å²) in [5, 5.41) is 10.5. The number of carbonyl (C=O) groups excluding carboxylic acids is 1. The summed E-state index contributed by atoms with van der Waals surface area (Å²) >= 11 is 6.75. The van der Waals surface area contributed by atoms with Crippen LogP contribution in [0.15, 0.2) is 36.4 Å². The summed E-state index contributed by atoms with van der Waals surface area (Å²) in [5.41, 5.74) is -1.04. The van der Waals surface area contributed by atoms with E-state index in [9.17, 15) is 28.1 Å². The van der Waals surface area contributed by atoms with Gasteiger partial charge in [0, 0.05) is 18.1 Å². The maximum absolute atomic E-state index is 12.7. The lowest BCUT2D eigenvalue weighted by Crippen LogP contribution is -2.04. The summed E-state index contributed by atoms with van der Waals surface area (Å²) < 4.78 is 43.4. The quantitative estimate of drug-likeness (QED) is 0.486. The summed E-state index contributed by atoms with van der Waals surface area (Å²) in [5.74, 6) is 0.0665. The van der Waals surface area contributed by atoms with E-state index in [0.29, 0.717) is 0 Å². The number of hydrogen-bond acceptors (Lipinski definition) is 5. The van der Waals surface area contributed by atoms with E-state index in [1.807, 2.05) is 0 Å². The maximum Gasteiger partial charge on any atom is 0.416 e. The summed E-state index contributed by atoms with van der Waals surface area (Å²) in [6.45, 7) is 0. The molecule has 0 spiro atoms. The van der Waals surface area contributed by atoms with Crippen LogP contribution in [-0.4, -0.2) is 16.3 Å². The number of nitrogens with zero attached hydrogens (tertiary/aromatic N) is 1. The fourth-order valence-corrected chi connectivity index (χ4v) is 2.58. The van der Waals surface area contributed by atoms with Gasteiger partial charge in [0.25, 0.3) is 5.69 Å². The Morgan fingerprint density at radius 3 is 2.50 bits per heavy atom. The number of nitro groups is 1. The number of thioether (sulfide) groups is 1. The van der Waals surface area contributed by atoms with Crippen LogP contribution in [0.5, 0.6) is 11.5 Å². The molecule has 0 atom stereocenters. The van der Waals surface area contributed by atoms with E-state index in [1.165, 1.54) is 12.1 Å². The van der Waals surface area contributed by atoms with E-state index in [0.717, 1.165) is 36.0 Å². The molecule has 0 bridgehead atoms. The molecular formula is C16H11ClF3NO4S. The third-order valence-corrected chi connectivity index (χ3v) is 4.19. The van der Waals surface area contributed by atoms with Crippen molar-refractivity contribution in [2.24, 2.45) is 0 Å². The predicted molar refractivity (Wildman–Crippen MR) is 91.9 cm³/mol. The molecule has 2 rings (SSSR count). The van der Waals surface area contributed by atoms with Crippen molar-refractivity contribution in [3.8, 4) is 11.5 Å². The lowest BCUT2D eigenvalue weighted by Gasteiger charge is -2.12. The first kappa shape index (κ1) is 20.1. The topological polar surface area (TPSA) is 69.4 Å². The Morgan fingerprint density at radius 1 is 1.27 bits per heavy atom. The number of alkyl halides is 3. The van der Waals surface area contributed by atoms with Crippen LogP contribution in [0.25, 0.3) is 0 Å². The Kier molecular flexibility index (Phi) is 6.14. The van der Waals surface area contributed by atoms with Crippen LogP contribution in [0, 0.1) is 10.1 Å². The van der Waals surface area contributed by atoms with Gasteiger partial charge in [-0.05, 0) is 36.6 Å². The van der Waals surface area contributed by atoms with Crippen LogP contribution >= 0.6 is 23.4 Å². The fraction of sp³-hybridized carbons (Fsp3) is 0.188. The number of rotatable bonds is 5. The first-order valence-electron chi connectivity index (χ1n) is 7.00. The number of nitro benzene ring substituents is 1. The Morgan fingerprint density at radius 2 is 1.96 bits per heavy atom. The lowest BCUT2D eigenvalue weighted by atomic mass is 10.1. The van der Waals surface area contributed by atoms with Gasteiger partial charge in [-0.3, -0.25) is 14.9 Å². The first-order chi connectivity index (χ1) is 12.1. The first-order valence-corrected chi connectivity index (χ1v) is 8.61. The maximum atomic E-state index is 12.7. The Balaban J connectivity index is 2.33. The van der Waals surface area contributed by atoms with Crippen molar-refractivity contribution in [1.82, 2.24) is 0 Å². The van der Waals surface area contributed by atoms with Crippen LogP contribution < -0.4 is 4.74 Å². The average Bonchev–Trinajstić information content (AvgIpc) is 2.55. The average molecular weight is 406 g/mol. The number of benzene rings is 2. The monoisotopic (exact) mass is 405 g/mol. The Hall–Kier alpha value is -2.26. The molecule has 0 amide bonds. The van der Waals surface area contributed by atoms with Crippen LogP contribution in [0.3, 0.4) is 0 Å². The minimum Gasteiger partial charge on any atom is -0.456 e. The zero-order valence-electron chi connectivity index (χ0n) is 13.2. The van der Waals surface area contributed by atoms with Gasteiger partial charge in [-0.25, -0.2) is 0 Å². The molecule has 0 unspecified atom stereocenters. The van der Waals surface area contributed by atoms with Gasteiger partial charge < -0.3 is 4.74 Å². The van der Waals surface area contributed by atoms with Gasteiger partial charge in [0.2, 0.25) is 0 Å². The molecule has 138 valence electrons. The molecule has 0 aliphatic rings. The van der Waals surface area contributed by atoms with E-state index in [1.54, 1.807) is 6.26 Å². The van der Waals surface area contributed by atoms with Crippen molar-refractivity contribution in [2.45, 2.75) is 12.6 Å². The molecule has 0 saturated carbocycles. The van der Waals surface area contributed by atoms with Crippen LogP contribution in [0.2, 0.25) is 5.02 Å². The van der Waals surface area contributed by atoms with Crippen molar-refractivity contribution in [3.05, 3.63) is 62.7 Å². The molecule has 0 saturated heterocycles. The van der Waals surface area contributed by atoms with Gasteiger partial charge in [-0.15, -0.1) is 0 Å². The smallest absolute Gasteiger partial charge is 0.416 e. The molecule has 0 heterocycles.